The number of carbonyl (C=O) groups is 2. The molecule has 0 aliphatic heterocycles. The smallest absolute Gasteiger partial charge is 0.331 e. The number of amides is 1. The molecule has 1 heterocycles. The molecular weight excluding hydrogens is 316 g/mol. The van der Waals surface area contributed by atoms with Crippen molar-refractivity contribution in [3.05, 3.63) is 42.2 Å². The lowest BCUT2D eigenvalue weighted by Crippen LogP contribution is -2.20. The summed E-state index contributed by atoms with van der Waals surface area (Å²) < 4.78 is 19.7. The number of ether oxygens (including phenoxy) is 3. The third-order valence-electron chi connectivity index (χ3n) is 2.89. The van der Waals surface area contributed by atoms with E-state index in [1.165, 1.54) is 31.6 Å². The van der Waals surface area contributed by atoms with Gasteiger partial charge in [0.2, 0.25) is 0 Å². The van der Waals surface area contributed by atoms with Crippen molar-refractivity contribution in [2.75, 3.05) is 26.1 Å². The van der Waals surface area contributed by atoms with Gasteiger partial charge in [-0.1, -0.05) is 5.16 Å². The molecule has 1 N–H and O–H groups in total. The Morgan fingerprint density at radius 2 is 2.08 bits per heavy atom. The fourth-order valence-electron chi connectivity index (χ4n) is 1.75. The number of hydrogen-bond donors (Lipinski definition) is 1. The van der Waals surface area contributed by atoms with Crippen molar-refractivity contribution in [3.8, 4) is 11.5 Å². The molecule has 0 saturated heterocycles. The molecular formula is C16H16N2O6. The average molecular weight is 332 g/mol. The van der Waals surface area contributed by atoms with E-state index in [1.54, 1.807) is 25.3 Å². The van der Waals surface area contributed by atoms with Gasteiger partial charge in [-0.05, 0) is 18.2 Å². The molecule has 0 aliphatic carbocycles. The zero-order chi connectivity index (χ0) is 17.4. The van der Waals surface area contributed by atoms with Crippen molar-refractivity contribution >= 4 is 23.8 Å². The van der Waals surface area contributed by atoms with E-state index in [4.69, 9.17) is 14.2 Å². The lowest BCUT2D eigenvalue weighted by atomic mass is 10.2. The quantitative estimate of drug-likeness (QED) is 0.610. The summed E-state index contributed by atoms with van der Waals surface area (Å²) in [6.45, 7) is -0.435. The Balaban J connectivity index is 1.87. The van der Waals surface area contributed by atoms with Gasteiger partial charge in [0.05, 0.1) is 14.2 Å². The molecule has 8 nitrogen and oxygen atoms in total. The molecule has 1 aromatic heterocycles. The Hall–Kier alpha value is -3.29. The first-order valence-electron chi connectivity index (χ1n) is 6.89. The van der Waals surface area contributed by atoms with Crippen LogP contribution in [-0.2, 0) is 14.3 Å². The molecule has 24 heavy (non-hydrogen) atoms. The van der Waals surface area contributed by atoms with E-state index in [2.05, 4.69) is 15.0 Å². The Bertz CT molecular complexity index is 724. The number of aromatic nitrogens is 1. The van der Waals surface area contributed by atoms with Gasteiger partial charge in [-0.25, -0.2) is 4.79 Å². The summed E-state index contributed by atoms with van der Waals surface area (Å²) in [7, 11) is 3.06. The van der Waals surface area contributed by atoms with Crippen LogP contribution in [0.15, 0.2) is 41.1 Å². The lowest BCUT2D eigenvalue weighted by Gasteiger charge is -2.07. The number of hydrogen-bond acceptors (Lipinski definition) is 7. The number of methoxy groups -OCH3 is 2. The van der Waals surface area contributed by atoms with Crippen LogP contribution in [0.3, 0.4) is 0 Å². The molecule has 1 aromatic carbocycles. The van der Waals surface area contributed by atoms with E-state index in [-0.39, 0.29) is 5.82 Å². The van der Waals surface area contributed by atoms with Gasteiger partial charge in [0.1, 0.15) is 17.8 Å². The van der Waals surface area contributed by atoms with Crippen LogP contribution in [-0.4, -0.2) is 37.9 Å². The van der Waals surface area contributed by atoms with E-state index in [1.807, 2.05) is 0 Å². The summed E-state index contributed by atoms with van der Waals surface area (Å²) in [6.07, 6.45) is 4.04. The van der Waals surface area contributed by atoms with Gasteiger partial charge >= 0.3 is 5.97 Å². The average Bonchev–Trinajstić information content (AvgIpc) is 3.10. The number of benzene rings is 1. The molecule has 0 atom stereocenters. The minimum absolute atomic E-state index is 0.245. The zero-order valence-corrected chi connectivity index (χ0v) is 13.1. The van der Waals surface area contributed by atoms with Gasteiger partial charge in [-0.15, -0.1) is 0 Å². The number of rotatable bonds is 7. The molecule has 0 unspecified atom stereocenters. The van der Waals surface area contributed by atoms with Crippen LogP contribution >= 0.6 is 0 Å². The monoisotopic (exact) mass is 332 g/mol. The van der Waals surface area contributed by atoms with Gasteiger partial charge in [0, 0.05) is 23.8 Å². The molecule has 0 radical (unpaired) electrons. The summed E-state index contributed by atoms with van der Waals surface area (Å²) in [5.41, 5.74) is 0.669. The highest BCUT2D eigenvalue weighted by atomic mass is 16.5. The second kappa shape index (κ2) is 8.37. The van der Waals surface area contributed by atoms with Crippen LogP contribution in [0, 0.1) is 0 Å². The molecule has 2 aromatic rings. The minimum atomic E-state index is -0.664. The molecule has 8 heteroatoms. The van der Waals surface area contributed by atoms with Gasteiger partial charge in [0.25, 0.3) is 5.91 Å². The van der Waals surface area contributed by atoms with Crippen molar-refractivity contribution in [3.63, 3.8) is 0 Å². The first-order chi connectivity index (χ1) is 11.6. The van der Waals surface area contributed by atoms with Crippen LogP contribution in [0.2, 0.25) is 0 Å². The van der Waals surface area contributed by atoms with Crippen molar-refractivity contribution in [1.82, 2.24) is 5.16 Å². The standard InChI is InChI=1S/C16H16N2O6/c1-21-12-5-3-11(13(9-12)22-2)4-6-16(20)23-10-15(19)17-14-7-8-24-18-14/h3-9H,10H2,1-2H3,(H,17,18,19)/b6-4+. The topological polar surface area (TPSA) is 99.9 Å². The summed E-state index contributed by atoms with van der Waals surface area (Å²) in [4.78, 5) is 23.2. The lowest BCUT2D eigenvalue weighted by molar-refractivity contribution is -0.142. The second-order valence-corrected chi connectivity index (χ2v) is 4.48. The molecule has 0 fully saturated rings. The van der Waals surface area contributed by atoms with E-state index >= 15 is 0 Å². The predicted molar refractivity (Wildman–Crippen MR) is 84.7 cm³/mol. The molecule has 0 saturated carbocycles. The van der Waals surface area contributed by atoms with Crippen LogP contribution in [0.1, 0.15) is 5.56 Å². The number of nitrogens with one attached hydrogen (secondary N) is 1. The molecule has 2 rings (SSSR count). The van der Waals surface area contributed by atoms with Crippen molar-refractivity contribution < 1.29 is 28.3 Å². The highest BCUT2D eigenvalue weighted by Gasteiger charge is 2.08. The van der Waals surface area contributed by atoms with Crippen LogP contribution in [0.25, 0.3) is 6.08 Å². The minimum Gasteiger partial charge on any atom is -0.497 e. The number of esters is 1. The maximum absolute atomic E-state index is 11.7. The van der Waals surface area contributed by atoms with Gasteiger partial charge in [-0.2, -0.15) is 0 Å². The fourth-order valence-corrected chi connectivity index (χ4v) is 1.75. The summed E-state index contributed by atoms with van der Waals surface area (Å²) in [6, 6.07) is 6.63. The first-order valence-corrected chi connectivity index (χ1v) is 6.89. The Kier molecular flexibility index (Phi) is 5.95. The van der Waals surface area contributed by atoms with Crippen LogP contribution < -0.4 is 14.8 Å². The number of carbonyl (C=O) groups excluding carboxylic acids is 2. The molecule has 1 amide bonds. The van der Waals surface area contributed by atoms with Crippen LogP contribution in [0.5, 0.6) is 11.5 Å². The van der Waals surface area contributed by atoms with Gasteiger partial charge in [0.15, 0.2) is 12.4 Å². The van der Waals surface area contributed by atoms with Gasteiger partial charge < -0.3 is 24.1 Å². The third kappa shape index (κ3) is 4.87. The maximum atomic E-state index is 11.7. The Labute approximate surface area is 138 Å². The first kappa shape index (κ1) is 17.1. The number of nitrogens with zero attached hydrogens (tertiary/aromatic N) is 1. The maximum Gasteiger partial charge on any atom is 0.331 e. The molecule has 0 bridgehead atoms. The molecule has 0 spiro atoms. The highest BCUT2D eigenvalue weighted by molar-refractivity contribution is 5.94. The SMILES string of the molecule is COc1ccc(/C=C/C(=O)OCC(=O)Nc2ccon2)c(OC)c1. The highest BCUT2D eigenvalue weighted by Crippen LogP contribution is 2.25. The van der Waals surface area contributed by atoms with Crippen molar-refractivity contribution in [2.45, 2.75) is 0 Å². The van der Waals surface area contributed by atoms with E-state index in [0.717, 1.165) is 0 Å². The Morgan fingerprint density at radius 3 is 2.75 bits per heavy atom. The second-order valence-electron chi connectivity index (χ2n) is 4.48. The van der Waals surface area contributed by atoms with Crippen molar-refractivity contribution in [2.24, 2.45) is 0 Å². The van der Waals surface area contributed by atoms with E-state index in [0.29, 0.717) is 17.1 Å². The number of anilines is 1. The summed E-state index contributed by atoms with van der Waals surface area (Å²) in [5, 5.41) is 5.91. The fraction of sp³-hybridized carbons (Fsp3) is 0.188. The summed E-state index contributed by atoms with van der Waals surface area (Å²) in [5.74, 6) is 0.240. The Morgan fingerprint density at radius 1 is 1.25 bits per heavy atom. The molecule has 0 aliphatic rings. The van der Waals surface area contributed by atoms with E-state index < -0.39 is 18.5 Å². The normalized spacial score (nSPS) is 10.4. The van der Waals surface area contributed by atoms with Crippen molar-refractivity contribution in [1.29, 1.82) is 0 Å². The summed E-state index contributed by atoms with van der Waals surface area (Å²) >= 11 is 0. The van der Waals surface area contributed by atoms with E-state index in [9.17, 15) is 9.59 Å². The zero-order valence-electron chi connectivity index (χ0n) is 13.1. The molecule has 126 valence electrons. The predicted octanol–water partition coefficient (Wildman–Crippen LogP) is 1.89. The third-order valence-corrected chi connectivity index (χ3v) is 2.89. The van der Waals surface area contributed by atoms with Crippen LogP contribution in [0.4, 0.5) is 5.82 Å². The van der Waals surface area contributed by atoms with Gasteiger partial charge in [-0.3, -0.25) is 4.79 Å². The largest absolute Gasteiger partial charge is 0.497 e.